The van der Waals surface area contributed by atoms with E-state index in [-0.39, 0.29) is 22.9 Å². The van der Waals surface area contributed by atoms with Crippen molar-refractivity contribution in [1.82, 2.24) is 0 Å². The summed E-state index contributed by atoms with van der Waals surface area (Å²) in [7, 11) is 2.52. The molecule has 0 aliphatic heterocycles. The molecule has 0 fully saturated rings. The molecular formula is C10H10ClNO5. The highest BCUT2D eigenvalue weighted by molar-refractivity contribution is 6.18. The van der Waals surface area contributed by atoms with Gasteiger partial charge in [0.1, 0.15) is 11.3 Å². The van der Waals surface area contributed by atoms with Gasteiger partial charge >= 0.3 is 5.97 Å². The van der Waals surface area contributed by atoms with Crippen molar-refractivity contribution in [1.29, 1.82) is 0 Å². The molecule has 0 atom stereocenters. The molecule has 1 aromatic rings. The number of nitrogens with zero attached hydrogens (tertiary/aromatic N) is 1. The van der Waals surface area contributed by atoms with Gasteiger partial charge in [0.05, 0.1) is 25.2 Å². The van der Waals surface area contributed by atoms with E-state index in [9.17, 15) is 14.9 Å². The van der Waals surface area contributed by atoms with E-state index in [0.717, 1.165) is 13.2 Å². The lowest BCUT2D eigenvalue weighted by molar-refractivity contribution is -0.385. The first kappa shape index (κ1) is 13.2. The van der Waals surface area contributed by atoms with Crippen LogP contribution in [0.3, 0.4) is 0 Å². The molecule has 1 aromatic carbocycles. The Labute approximate surface area is 102 Å². The maximum Gasteiger partial charge on any atom is 0.345 e. The Hall–Kier alpha value is -1.82. The Bertz CT molecular complexity index is 460. The minimum absolute atomic E-state index is 0.0531. The molecule has 0 radical (unpaired) electrons. The van der Waals surface area contributed by atoms with Crippen LogP contribution in [0, 0.1) is 10.1 Å². The van der Waals surface area contributed by atoms with Crippen molar-refractivity contribution >= 4 is 23.3 Å². The fourth-order valence-corrected chi connectivity index (χ4v) is 1.57. The van der Waals surface area contributed by atoms with Crippen molar-refractivity contribution in [3.8, 4) is 5.75 Å². The van der Waals surface area contributed by atoms with Crippen LogP contribution >= 0.6 is 11.6 Å². The molecule has 0 bridgehead atoms. The molecule has 0 N–H and O–H groups in total. The molecule has 1 rings (SSSR count). The molecule has 92 valence electrons. The fraction of sp³-hybridized carbons (Fsp3) is 0.300. The third-order valence-electron chi connectivity index (χ3n) is 2.14. The predicted octanol–water partition coefficient (Wildman–Crippen LogP) is 2.13. The maximum atomic E-state index is 11.5. The lowest BCUT2D eigenvalue weighted by Gasteiger charge is -2.08. The average molecular weight is 260 g/mol. The number of nitro benzene ring substituents is 1. The van der Waals surface area contributed by atoms with Crippen LogP contribution in [0.15, 0.2) is 12.1 Å². The number of rotatable bonds is 4. The second kappa shape index (κ2) is 5.49. The normalized spacial score (nSPS) is 9.82. The van der Waals surface area contributed by atoms with Crippen molar-refractivity contribution in [3.05, 3.63) is 33.4 Å². The third-order valence-corrected chi connectivity index (χ3v) is 2.43. The van der Waals surface area contributed by atoms with Crippen LogP contribution in [-0.2, 0) is 10.6 Å². The number of ether oxygens (including phenoxy) is 2. The summed E-state index contributed by atoms with van der Waals surface area (Å²) in [5.74, 6) is -0.586. The molecule has 0 heterocycles. The van der Waals surface area contributed by atoms with E-state index in [2.05, 4.69) is 4.74 Å². The van der Waals surface area contributed by atoms with E-state index in [1.165, 1.54) is 13.2 Å². The summed E-state index contributed by atoms with van der Waals surface area (Å²) in [5.41, 5.74) is -0.232. The number of esters is 1. The van der Waals surface area contributed by atoms with Gasteiger partial charge in [0.25, 0.3) is 5.69 Å². The molecule has 0 aromatic heterocycles. The highest BCUT2D eigenvalue weighted by Gasteiger charge is 2.26. The van der Waals surface area contributed by atoms with E-state index in [1.807, 2.05) is 0 Å². The minimum atomic E-state index is -0.796. The van der Waals surface area contributed by atoms with Crippen LogP contribution in [0.4, 0.5) is 5.69 Å². The standard InChI is InChI=1S/C10H10ClNO5/c1-16-7-3-6(5-11)9(10(13)17-2)8(4-7)12(14)15/h3-4H,5H2,1-2H3. The Morgan fingerprint density at radius 3 is 2.53 bits per heavy atom. The van der Waals surface area contributed by atoms with E-state index < -0.39 is 10.9 Å². The Balaban J connectivity index is 3.52. The Morgan fingerprint density at radius 1 is 1.47 bits per heavy atom. The van der Waals surface area contributed by atoms with Gasteiger partial charge in [-0.15, -0.1) is 11.6 Å². The minimum Gasteiger partial charge on any atom is -0.496 e. The molecule has 0 spiro atoms. The van der Waals surface area contributed by atoms with E-state index in [4.69, 9.17) is 16.3 Å². The van der Waals surface area contributed by atoms with Crippen LogP contribution in [0.1, 0.15) is 15.9 Å². The van der Waals surface area contributed by atoms with Gasteiger partial charge in [-0.05, 0) is 11.6 Å². The van der Waals surface area contributed by atoms with Crippen molar-refractivity contribution in [2.45, 2.75) is 5.88 Å². The van der Waals surface area contributed by atoms with Crippen molar-refractivity contribution in [2.75, 3.05) is 14.2 Å². The summed E-state index contributed by atoms with van der Waals surface area (Å²) in [6.07, 6.45) is 0. The second-order valence-corrected chi connectivity index (χ2v) is 3.33. The topological polar surface area (TPSA) is 78.7 Å². The molecule has 0 saturated heterocycles. The zero-order valence-corrected chi connectivity index (χ0v) is 9.98. The smallest absolute Gasteiger partial charge is 0.345 e. The van der Waals surface area contributed by atoms with Crippen LogP contribution in [-0.4, -0.2) is 25.1 Å². The van der Waals surface area contributed by atoms with Crippen molar-refractivity contribution < 1.29 is 19.2 Å². The van der Waals surface area contributed by atoms with E-state index in [1.54, 1.807) is 0 Å². The number of halogens is 1. The van der Waals surface area contributed by atoms with Crippen molar-refractivity contribution in [2.24, 2.45) is 0 Å². The van der Waals surface area contributed by atoms with Gasteiger partial charge in [-0.2, -0.15) is 0 Å². The van der Waals surface area contributed by atoms with Crippen molar-refractivity contribution in [3.63, 3.8) is 0 Å². The number of carbonyl (C=O) groups excluding carboxylic acids is 1. The van der Waals surface area contributed by atoms with Crippen LogP contribution in [0.2, 0.25) is 0 Å². The molecule has 17 heavy (non-hydrogen) atoms. The number of benzene rings is 1. The first-order valence-corrected chi connectivity index (χ1v) is 5.08. The largest absolute Gasteiger partial charge is 0.496 e. The molecule has 0 amide bonds. The molecule has 0 aliphatic rings. The second-order valence-electron chi connectivity index (χ2n) is 3.06. The Kier molecular flexibility index (Phi) is 4.28. The monoisotopic (exact) mass is 259 g/mol. The summed E-state index contributed by atoms with van der Waals surface area (Å²) in [6, 6.07) is 2.62. The maximum absolute atomic E-state index is 11.5. The SMILES string of the molecule is COC(=O)c1c(CCl)cc(OC)cc1[N+](=O)[O-]. The molecule has 6 nitrogen and oxygen atoms in total. The summed E-state index contributed by atoms with van der Waals surface area (Å²) >= 11 is 5.65. The Morgan fingerprint density at radius 2 is 2.12 bits per heavy atom. The quantitative estimate of drug-likeness (QED) is 0.358. The number of methoxy groups -OCH3 is 2. The highest BCUT2D eigenvalue weighted by Crippen LogP contribution is 2.30. The van der Waals surface area contributed by atoms with Crippen LogP contribution in [0.25, 0.3) is 0 Å². The van der Waals surface area contributed by atoms with E-state index >= 15 is 0 Å². The van der Waals surface area contributed by atoms with Gasteiger partial charge in [-0.25, -0.2) is 4.79 Å². The zero-order valence-electron chi connectivity index (χ0n) is 9.23. The van der Waals surface area contributed by atoms with Gasteiger partial charge in [-0.3, -0.25) is 10.1 Å². The summed E-state index contributed by atoms with van der Waals surface area (Å²) < 4.78 is 9.40. The molecule has 0 saturated carbocycles. The first-order valence-electron chi connectivity index (χ1n) is 4.54. The number of alkyl halides is 1. The number of hydrogen-bond acceptors (Lipinski definition) is 5. The number of carbonyl (C=O) groups is 1. The molecule has 0 aliphatic carbocycles. The summed E-state index contributed by atoms with van der Waals surface area (Å²) in [5, 5.41) is 10.9. The third kappa shape index (κ3) is 2.65. The summed E-state index contributed by atoms with van der Waals surface area (Å²) in [6.45, 7) is 0. The zero-order chi connectivity index (χ0) is 13.0. The highest BCUT2D eigenvalue weighted by atomic mass is 35.5. The van der Waals surface area contributed by atoms with Gasteiger partial charge < -0.3 is 9.47 Å². The number of hydrogen-bond donors (Lipinski definition) is 0. The average Bonchev–Trinajstić information content (AvgIpc) is 2.35. The molecule has 0 unspecified atom stereocenters. The predicted molar refractivity (Wildman–Crippen MR) is 60.5 cm³/mol. The van der Waals surface area contributed by atoms with Gasteiger partial charge in [0.15, 0.2) is 0 Å². The molecular weight excluding hydrogens is 250 g/mol. The van der Waals surface area contributed by atoms with Gasteiger partial charge in [0.2, 0.25) is 0 Å². The van der Waals surface area contributed by atoms with Crippen LogP contribution in [0.5, 0.6) is 5.75 Å². The fourth-order valence-electron chi connectivity index (χ4n) is 1.36. The van der Waals surface area contributed by atoms with Gasteiger partial charge in [0, 0.05) is 5.88 Å². The van der Waals surface area contributed by atoms with Crippen LogP contribution < -0.4 is 4.74 Å². The lowest BCUT2D eigenvalue weighted by atomic mass is 10.1. The van der Waals surface area contributed by atoms with E-state index in [0.29, 0.717) is 5.56 Å². The lowest BCUT2D eigenvalue weighted by Crippen LogP contribution is -2.09. The molecule has 7 heteroatoms. The summed E-state index contributed by atoms with van der Waals surface area (Å²) in [4.78, 5) is 21.7. The van der Waals surface area contributed by atoms with Gasteiger partial charge in [-0.1, -0.05) is 0 Å². The first-order chi connectivity index (χ1) is 8.04. The number of nitro groups is 1.